The number of halogens is 1. The van der Waals surface area contributed by atoms with Gasteiger partial charge in [-0.2, -0.15) is 0 Å². The number of benzene rings is 3. The Morgan fingerprint density at radius 1 is 0.968 bits per heavy atom. The Hall–Kier alpha value is -3.57. The Balaban J connectivity index is 0.00000272. The van der Waals surface area contributed by atoms with Gasteiger partial charge in [-0.15, -0.1) is 12.4 Å². The molecular weight excluding hydrogens is 412 g/mol. The van der Waals surface area contributed by atoms with Crippen molar-refractivity contribution >= 4 is 40.7 Å². The normalized spacial score (nSPS) is 10.3. The SMILES string of the molecule is COC(=O)c1ccc2nc(C)cc(Nc3ccc(OCc4ccccc4)cc3)c2c1.Cl. The Bertz CT molecular complexity index is 1180. The van der Waals surface area contributed by atoms with Gasteiger partial charge in [0.15, 0.2) is 0 Å². The molecule has 4 aromatic rings. The molecule has 5 nitrogen and oxygen atoms in total. The summed E-state index contributed by atoms with van der Waals surface area (Å²) >= 11 is 0. The van der Waals surface area contributed by atoms with Crippen molar-refractivity contribution in [1.29, 1.82) is 0 Å². The van der Waals surface area contributed by atoms with E-state index in [-0.39, 0.29) is 18.4 Å². The summed E-state index contributed by atoms with van der Waals surface area (Å²) in [6.45, 7) is 2.47. The number of nitrogens with one attached hydrogen (secondary N) is 1. The van der Waals surface area contributed by atoms with Gasteiger partial charge in [0.2, 0.25) is 0 Å². The molecule has 0 spiro atoms. The first-order valence-corrected chi connectivity index (χ1v) is 9.66. The predicted molar refractivity (Wildman–Crippen MR) is 126 cm³/mol. The van der Waals surface area contributed by atoms with E-state index in [0.717, 1.165) is 39.3 Å². The van der Waals surface area contributed by atoms with Gasteiger partial charge in [-0.25, -0.2) is 4.79 Å². The zero-order valence-electron chi connectivity index (χ0n) is 17.3. The van der Waals surface area contributed by atoms with Gasteiger partial charge < -0.3 is 14.8 Å². The van der Waals surface area contributed by atoms with E-state index in [1.54, 1.807) is 12.1 Å². The van der Waals surface area contributed by atoms with Crippen molar-refractivity contribution in [2.75, 3.05) is 12.4 Å². The first-order valence-electron chi connectivity index (χ1n) is 9.66. The third kappa shape index (κ3) is 5.32. The molecule has 0 aliphatic rings. The van der Waals surface area contributed by atoms with E-state index in [2.05, 4.69) is 10.3 Å². The van der Waals surface area contributed by atoms with Crippen LogP contribution in [-0.4, -0.2) is 18.1 Å². The summed E-state index contributed by atoms with van der Waals surface area (Å²) in [7, 11) is 1.38. The van der Waals surface area contributed by atoms with Crippen LogP contribution < -0.4 is 10.1 Å². The summed E-state index contributed by atoms with van der Waals surface area (Å²) in [5.41, 5.74) is 5.11. The second kappa shape index (κ2) is 9.96. The van der Waals surface area contributed by atoms with E-state index in [1.807, 2.05) is 73.7 Å². The highest BCUT2D eigenvalue weighted by molar-refractivity contribution is 5.99. The molecule has 6 heteroatoms. The lowest BCUT2D eigenvalue weighted by Crippen LogP contribution is -2.02. The van der Waals surface area contributed by atoms with Crippen molar-refractivity contribution in [3.8, 4) is 5.75 Å². The van der Waals surface area contributed by atoms with Crippen LogP contribution in [0.2, 0.25) is 0 Å². The number of hydrogen-bond donors (Lipinski definition) is 1. The molecular formula is C25H23ClN2O3. The molecule has 1 N–H and O–H groups in total. The molecule has 0 aliphatic heterocycles. The minimum absolute atomic E-state index is 0. The Morgan fingerprint density at radius 3 is 2.42 bits per heavy atom. The molecule has 0 fully saturated rings. The maximum absolute atomic E-state index is 11.9. The minimum Gasteiger partial charge on any atom is -0.489 e. The summed E-state index contributed by atoms with van der Waals surface area (Å²) in [6, 6.07) is 25.2. The highest BCUT2D eigenvalue weighted by Gasteiger charge is 2.10. The van der Waals surface area contributed by atoms with Crippen molar-refractivity contribution < 1.29 is 14.3 Å². The molecule has 0 atom stereocenters. The molecule has 1 heterocycles. The molecule has 0 saturated carbocycles. The molecule has 0 amide bonds. The van der Waals surface area contributed by atoms with Crippen LogP contribution >= 0.6 is 12.4 Å². The van der Waals surface area contributed by atoms with Crippen molar-refractivity contribution in [3.63, 3.8) is 0 Å². The smallest absolute Gasteiger partial charge is 0.337 e. The number of fused-ring (bicyclic) bond motifs is 1. The third-order valence-corrected chi connectivity index (χ3v) is 4.74. The van der Waals surface area contributed by atoms with E-state index in [4.69, 9.17) is 9.47 Å². The second-order valence-corrected chi connectivity index (χ2v) is 6.96. The van der Waals surface area contributed by atoms with Crippen LogP contribution in [0.5, 0.6) is 5.75 Å². The first kappa shape index (κ1) is 22.1. The number of aromatic nitrogens is 1. The molecule has 1 aromatic heterocycles. The van der Waals surface area contributed by atoms with Gasteiger partial charge in [0.1, 0.15) is 12.4 Å². The number of pyridine rings is 1. The fourth-order valence-electron chi connectivity index (χ4n) is 3.24. The van der Waals surface area contributed by atoms with Gasteiger partial charge >= 0.3 is 5.97 Å². The highest BCUT2D eigenvalue weighted by atomic mass is 35.5. The Labute approximate surface area is 187 Å². The number of carbonyl (C=O) groups is 1. The van der Waals surface area contributed by atoms with Gasteiger partial charge in [0.05, 0.1) is 18.2 Å². The maximum atomic E-state index is 11.9. The molecule has 0 saturated heterocycles. The van der Waals surface area contributed by atoms with E-state index in [0.29, 0.717) is 12.2 Å². The summed E-state index contributed by atoms with van der Waals surface area (Å²) in [6.07, 6.45) is 0. The average Bonchev–Trinajstić information content (AvgIpc) is 2.78. The molecule has 0 bridgehead atoms. The molecule has 158 valence electrons. The number of nitrogens with zero attached hydrogens (tertiary/aromatic N) is 1. The van der Waals surface area contributed by atoms with Gasteiger partial charge in [-0.05, 0) is 61.0 Å². The zero-order chi connectivity index (χ0) is 20.9. The van der Waals surface area contributed by atoms with Crippen LogP contribution in [0, 0.1) is 6.92 Å². The number of esters is 1. The topological polar surface area (TPSA) is 60.5 Å². The predicted octanol–water partition coefficient (Wildman–Crippen LogP) is 6.07. The summed E-state index contributed by atoms with van der Waals surface area (Å²) < 4.78 is 10.7. The minimum atomic E-state index is -0.372. The molecule has 0 unspecified atom stereocenters. The number of hydrogen-bond acceptors (Lipinski definition) is 5. The average molecular weight is 435 g/mol. The fraction of sp³-hybridized carbons (Fsp3) is 0.120. The van der Waals surface area contributed by atoms with Gasteiger partial charge in [-0.3, -0.25) is 4.98 Å². The van der Waals surface area contributed by atoms with Crippen LogP contribution in [0.25, 0.3) is 10.9 Å². The molecule has 3 aromatic carbocycles. The number of ether oxygens (including phenoxy) is 2. The lowest BCUT2D eigenvalue weighted by Gasteiger charge is -2.13. The maximum Gasteiger partial charge on any atom is 0.337 e. The lowest BCUT2D eigenvalue weighted by molar-refractivity contribution is 0.0601. The number of methoxy groups -OCH3 is 1. The largest absolute Gasteiger partial charge is 0.489 e. The quantitative estimate of drug-likeness (QED) is 0.373. The van der Waals surface area contributed by atoms with E-state index < -0.39 is 0 Å². The van der Waals surface area contributed by atoms with Crippen molar-refractivity contribution in [2.24, 2.45) is 0 Å². The Morgan fingerprint density at radius 2 is 1.71 bits per heavy atom. The molecule has 31 heavy (non-hydrogen) atoms. The van der Waals surface area contributed by atoms with Crippen LogP contribution in [-0.2, 0) is 11.3 Å². The third-order valence-electron chi connectivity index (χ3n) is 4.74. The van der Waals surface area contributed by atoms with E-state index in [9.17, 15) is 4.79 Å². The summed E-state index contributed by atoms with van der Waals surface area (Å²) in [5.74, 6) is 0.427. The number of aryl methyl sites for hydroxylation is 1. The van der Waals surface area contributed by atoms with Gasteiger partial charge in [0.25, 0.3) is 0 Å². The molecule has 0 aliphatic carbocycles. The van der Waals surface area contributed by atoms with Crippen molar-refractivity contribution in [3.05, 3.63) is 95.7 Å². The Kier molecular flexibility index (Phi) is 7.11. The molecule has 0 radical (unpaired) electrons. The second-order valence-electron chi connectivity index (χ2n) is 6.96. The number of rotatable bonds is 6. The summed E-state index contributed by atoms with van der Waals surface area (Å²) in [5, 5.41) is 4.28. The van der Waals surface area contributed by atoms with Crippen LogP contribution in [0.15, 0.2) is 78.9 Å². The monoisotopic (exact) mass is 434 g/mol. The standard InChI is InChI=1S/C25H22N2O3.ClH/c1-17-14-24(22-15-19(25(28)29-2)8-13-23(22)26-17)27-20-9-11-21(12-10-20)30-16-18-6-4-3-5-7-18;/h3-15H,16H2,1-2H3,(H,26,27);1H. The molecule has 4 rings (SSSR count). The number of carbonyl (C=O) groups excluding carboxylic acids is 1. The highest BCUT2D eigenvalue weighted by Crippen LogP contribution is 2.28. The van der Waals surface area contributed by atoms with Crippen LogP contribution in [0.3, 0.4) is 0 Å². The van der Waals surface area contributed by atoms with E-state index in [1.165, 1.54) is 7.11 Å². The van der Waals surface area contributed by atoms with Gasteiger partial charge in [-0.1, -0.05) is 30.3 Å². The van der Waals surface area contributed by atoms with E-state index >= 15 is 0 Å². The first-order chi connectivity index (χ1) is 14.6. The fourth-order valence-corrected chi connectivity index (χ4v) is 3.24. The number of anilines is 2. The summed E-state index contributed by atoms with van der Waals surface area (Å²) in [4.78, 5) is 16.5. The van der Waals surface area contributed by atoms with Crippen LogP contribution in [0.4, 0.5) is 11.4 Å². The van der Waals surface area contributed by atoms with Gasteiger partial charge in [0, 0.05) is 22.5 Å². The van der Waals surface area contributed by atoms with Crippen molar-refractivity contribution in [1.82, 2.24) is 4.98 Å². The lowest BCUT2D eigenvalue weighted by atomic mass is 10.1. The van der Waals surface area contributed by atoms with Crippen LogP contribution in [0.1, 0.15) is 21.6 Å². The van der Waals surface area contributed by atoms with Crippen molar-refractivity contribution in [2.45, 2.75) is 13.5 Å². The zero-order valence-corrected chi connectivity index (χ0v) is 18.1.